The molecule has 32 heavy (non-hydrogen) atoms. The first kappa shape index (κ1) is 23.5. The number of pyridine rings is 1. The molecule has 3 rings (SSSR count). The maximum atomic E-state index is 12.8. The summed E-state index contributed by atoms with van der Waals surface area (Å²) in [5, 5.41) is -0.0262. The summed E-state index contributed by atoms with van der Waals surface area (Å²) in [5.74, 6) is -0.831. The zero-order valence-electron chi connectivity index (χ0n) is 16.5. The van der Waals surface area contributed by atoms with Gasteiger partial charge in [0.1, 0.15) is 0 Å². The van der Waals surface area contributed by atoms with E-state index < -0.39 is 30.2 Å². The average Bonchev–Trinajstić information content (AvgIpc) is 3.13. The van der Waals surface area contributed by atoms with Gasteiger partial charge in [0.15, 0.2) is 34.8 Å². The fourth-order valence-corrected chi connectivity index (χ4v) is 3.72. The molecule has 14 heteroatoms. The van der Waals surface area contributed by atoms with Crippen LogP contribution in [0.3, 0.4) is 0 Å². The van der Waals surface area contributed by atoms with Crippen molar-refractivity contribution in [3.05, 3.63) is 30.1 Å². The van der Waals surface area contributed by atoms with Gasteiger partial charge in [-0.3, -0.25) is 9.19 Å². The number of aromatic amines is 1. The molecule has 0 aliphatic heterocycles. The number of halogens is 5. The van der Waals surface area contributed by atoms with Gasteiger partial charge in [-0.05, 0) is 0 Å². The quantitative estimate of drug-likeness (QED) is 0.464. The van der Waals surface area contributed by atoms with Gasteiger partial charge in [-0.15, -0.1) is 0 Å². The van der Waals surface area contributed by atoms with E-state index in [1.165, 1.54) is 38.6 Å². The van der Waals surface area contributed by atoms with Crippen molar-refractivity contribution in [2.75, 3.05) is 20.8 Å². The number of imidazole rings is 1. The third-order valence-corrected chi connectivity index (χ3v) is 5.14. The number of fused-ring (bicyclic) bond motifs is 1. The van der Waals surface area contributed by atoms with Gasteiger partial charge in [0.05, 0.1) is 47.5 Å². The SMILES string of the molecule is COc1cc2nc(S(=O)Cc3nccc(OCC(F)(F)F)c3OC)[nH]c2cc1OC(F)F. The number of aromatic nitrogens is 3. The molecule has 3 aromatic rings. The number of nitrogens with zero attached hydrogens (tertiary/aromatic N) is 2. The Kier molecular flexibility index (Phi) is 7.01. The minimum atomic E-state index is -4.56. The van der Waals surface area contributed by atoms with Crippen LogP contribution in [0.1, 0.15) is 5.69 Å². The number of alkyl halides is 5. The molecule has 2 heterocycles. The summed E-state index contributed by atoms with van der Waals surface area (Å²) in [6.07, 6.45) is -3.36. The molecule has 1 aromatic carbocycles. The molecule has 0 aliphatic rings. The highest BCUT2D eigenvalue weighted by Crippen LogP contribution is 2.34. The summed E-state index contributed by atoms with van der Waals surface area (Å²) in [4.78, 5) is 10.9. The Morgan fingerprint density at radius 2 is 1.88 bits per heavy atom. The smallest absolute Gasteiger partial charge is 0.422 e. The molecular formula is C18H16F5N3O5S. The summed E-state index contributed by atoms with van der Waals surface area (Å²) in [6.45, 7) is -4.62. The van der Waals surface area contributed by atoms with Crippen molar-refractivity contribution in [1.82, 2.24) is 15.0 Å². The highest BCUT2D eigenvalue weighted by atomic mass is 32.2. The fourth-order valence-electron chi connectivity index (χ4n) is 2.71. The first-order valence-electron chi connectivity index (χ1n) is 8.73. The zero-order valence-corrected chi connectivity index (χ0v) is 17.4. The normalized spacial score (nSPS) is 12.8. The summed E-state index contributed by atoms with van der Waals surface area (Å²) >= 11 is 0. The molecular weight excluding hydrogens is 465 g/mol. The highest BCUT2D eigenvalue weighted by molar-refractivity contribution is 7.84. The lowest BCUT2D eigenvalue weighted by molar-refractivity contribution is -0.153. The van der Waals surface area contributed by atoms with E-state index in [2.05, 4.69) is 19.7 Å². The van der Waals surface area contributed by atoms with E-state index in [-0.39, 0.29) is 50.6 Å². The lowest BCUT2D eigenvalue weighted by Crippen LogP contribution is -2.19. The van der Waals surface area contributed by atoms with Gasteiger partial charge >= 0.3 is 12.8 Å². The molecule has 0 amide bonds. The van der Waals surface area contributed by atoms with Crippen LogP contribution in [-0.2, 0) is 16.6 Å². The molecule has 0 saturated carbocycles. The summed E-state index contributed by atoms with van der Waals surface area (Å²) < 4.78 is 94.6. The summed E-state index contributed by atoms with van der Waals surface area (Å²) in [6, 6.07) is 3.74. The maximum absolute atomic E-state index is 12.8. The first-order valence-corrected chi connectivity index (χ1v) is 10.1. The van der Waals surface area contributed by atoms with E-state index in [9.17, 15) is 26.2 Å². The van der Waals surface area contributed by atoms with Crippen LogP contribution in [0.15, 0.2) is 29.6 Å². The van der Waals surface area contributed by atoms with Gasteiger partial charge in [-0.2, -0.15) is 22.0 Å². The Morgan fingerprint density at radius 1 is 1.12 bits per heavy atom. The van der Waals surface area contributed by atoms with Crippen LogP contribution in [0, 0.1) is 0 Å². The predicted molar refractivity (Wildman–Crippen MR) is 102 cm³/mol. The fraction of sp³-hybridized carbons (Fsp3) is 0.333. The van der Waals surface area contributed by atoms with Crippen LogP contribution < -0.4 is 18.9 Å². The Balaban J connectivity index is 1.87. The number of nitrogens with one attached hydrogen (secondary N) is 1. The Labute approximate surface area is 180 Å². The zero-order chi connectivity index (χ0) is 23.5. The average molecular weight is 481 g/mol. The molecule has 2 aromatic heterocycles. The first-order chi connectivity index (χ1) is 15.1. The highest BCUT2D eigenvalue weighted by Gasteiger charge is 2.29. The minimum Gasteiger partial charge on any atom is -0.493 e. The number of methoxy groups -OCH3 is 2. The number of H-pyrrole nitrogens is 1. The topological polar surface area (TPSA) is 95.6 Å². The van der Waals surface area contributed by atoms with Gasteiger partial charge in [-0.25, -0.2) is 4.98 Å². The number of benzene rings is 1. The molecule has 0 bridgehead atoms. The molecule has 0 spiro atoms. The van der Waals surface area contributed by atoms with Gasteiger partial charge in [-0.1, -0.05) is 0 Å². The van der Waals surface area contributed by atoms with Crippen molar-refractivity contribution >= 4 is 21.8 Å². The third-order valence-electron chi connectivity index (χ3n) is 3.98. The molecule has 1 N–H and O–H groups in total. The summed E-state index contributed by atoms with van der Waals surface area (Å²) in [5.41, 5.74) is 0.603. The van der Waals surface area contributed by atoms with Crippen molar-refractivity contribution in [1.29, 1.82) is 0 Å². The molecule has 0 radical (unpaired) electrons. The van der Waals surface area contributed by atoms with Crippen LogP contribution in [0.25, 0.3) is 11.0 Å². The second-order valence-corrected chi connectivity index (χ2v) is 7.49. The second kappa shape index (κ2) is 9.54. The Bertz CT molecular complexity index is 1120. The molecule has 1 unspecified atom stereocenters. The van der Waals surface area contributed by atoms with Crippen LogP contribution >= 0.6 is 0 Å². The van der Waals surface area contributed by atoms with Gasteiger partial charge in [0.25, 0.3) is 0 Å². The Hall–Kier alpha value is -3.16. The number of hydrogen-bond donors (Lipinski definition) is 1. The van der Waals surface area contributed by atoms with Crippen molar-refractivity contribution in [2.24, 2.45) is 0 Å². The van der Waals surface area contributed by atoms with Crippen molar-refractivity contribution < 1.29 is 45.1 Å². The van der Waals surface area contributed by atoms with Crippen LogP contribution in [0.2, 0.25) is 0 Å². The maximum Gasteiger partial charge on any atom is 0.422 e. The van der Waals surface area contributed by atoms with Crippen molar-refractivity contribution in [3.63, 3.8) is 0 Å². The molecule has 0 aliphatic carbocycles. The molecule has 174 valence electrons. The van der Waals surface area contributed by atoms with Gasteiger partial charge in [0.2, 0.25) is 0 Å². The van der Waals surface area contributed by atoms with Gasteiger partial charge in [0, 0.05) is 24.4 Å². The van der Waals surface area contributed by atoms with E-state index in [1.54, 1.807) is 0 Å². The lowest BCUT2D eigenvalue weighted by Gasteiger charge is -2.14. The predicted octanol–water partition coefficient (Wildman–Crippen LogP) is 3.83. The molecule has 1 atom stereocenters. The largest absolute Gasteiger partial charge is 0.493 e. The van der Waals surface area contributed by atoms with E-state index >= 15 is 0 Å². The van der Waals surface area contributed by atoms with Crippen molar-refractivity contribution in [2.45, 2.75) is 23.7 Å². The van der Waals surface area contributed by atoms with E-state index in [0.29, 0.717) is 0 Å². The standard InChI is InChI=1S/C18H16F5N3O5S/c1-28-13-5-9-10(6-14(13)31-16(19)20)26-17(25-9)32(27)7-11-15(29-2)12(3-4-24-11)30-8-18(21,22)23/h3-6,16H,7-8H2,1-2H3,(H,25,26). The molecule has 0 saturated heterocycles. The van der Waals surface area contributed by atoms with E-state index in [0.717, 1.165) is 0 Å². The monoisotopic (exact) mass is 481 g/mol. The minimum absolute atomic E-state index is 0.000479. The molecule has 0 fully saturated rings. The number of hydrogen-bond acceptors (Lipinski definition) is 7. The van der Waals surface area contributed by atoms with Crippen molar-refractivity contribution in [3.8, 4) is 23.0 Å². The number of rotatable bonds is 9. The van der Waals surface area contributed by atoms with Gasteiger partial charge < -0.3 is 23.9 Å². The van der Waals surface area contributed by atoms with Crippen LogP contribution in [0.4, 0.5) is 22.0 Å². The second-order valence-electron chi connectivity index (χ2n) is 6.12. The van der Waals surface area contributed by atoms with E-state index in [1.807, 2.05) is 0 Å². The molecule has 8 nitrogen and oxygen atoms in total. The van der Waals surface area contributed by atoms with Crippen LogP contribution in [0.5, 0.6) is 23.0 Å². The third kappa shape index (κ3) is 5.55. The Morgan fingerprint density at radius 3 is 2.50 bits per heavy atom. The lowest BCUT2D eigenvalue weighted by atomic mass is 10.3. The van der Waals surface area contributed by atoms with Crippen LogP contribution in [-0.4, -0.2) is 52.8 Å². The summed E-state index contributed by atoms with van der Waals surface area (Å²) in [7, 11) is 0.620. The van der Waals surface area contributed by atoms with E-state index in [4.69, 9.17) is 14.2 Å². The number of ether oxygens (including phenoxy) is 4.